The van der Waals surface area contributed by atoms with Crippen LogP contribution in [0.2, 0.25) is 0 Å². The molecule has 3 unspecified atom stereocenters. The zero-order valence-corrected chi connectivity index (χ0v) is 7.29. The normalized spacial score (nSPS) is 49.9. The maximum absolute atomic E-state index is 5.20. The maximum Gasteiger partial charge on any atom is 0.130 e. The summed E-state index contributed by atoms with van der Waals surface area (Å²) in [5.74, 6) is 2.55. The molecule has 3 atom stereocenters. The van der Waals surface area contributed by atoms with Gasteiger partial charge in [-0.3, -0.25) is 0 Å². The zero-order valence-electron chi connectivity index (χ0n) is 7.29. The number of hydrogen-bond donors (Lipinski definition) is 1. The van der Waals surface area contributed by atoms with Gasteiger partial charge in [0.05, 0.1) is 5.71 Å². The van der Waals surface area contributed by atoms with Crippen molar-refractivity contribution in [1.82, 2.24) is 5.32 Å². The van der Waals surface area contributed by atoms with Gasteiger partial charge in [0, 0.05) is 12.3 Å². The molecular weight excluding hydrogens is 152 g/mol. The van der Waals surface area contributed by atoms with E-state index in [-0.39, 0.29) is 0 Å². The Morgan fingerprint density at radius 3 is 2.75 bits per heavy atom. The molecule has 3 nitrogen and oxygen atoms in total. The lowest BCUT2D eigenvalue weighted by atomic mass is 10.1. The molecule has 3 rings (SSSR count). The summed E-state index contributed by atoms with van der Waals surface area (Å²) in [6.45, 7) is 4.48. The number of piperidine rings is 1. The molecule has 0 radical (unpaired) electrons. The molecule has 2 aliphatic heterocycles. The van der Waals surface area contributed by atoms with Gasteiger partial charge >= 0.3 is 0 Å². The Bertz CT molecular complexity index is 229. The topological polar surface area (TPSA) is 33.6 Å². The van der Waals surface area contributed by atoms with E-state index in [0.29, 0.717) is 6.10 Å². The average molecular weight is 166 g/mol. The largest absolute Gasteiger partial charge is 0.392 e. The molecule has 1 saturated carbocycles. The fourth-order valence-electron chi connectivity index (χ4n) is 2.64. The van der Waals surface area contributed by atoms with Gasteiger partial charge in [0.1, 0.15) is 6.10 Å². The van der Waals surface area contributed by atoms with Crippen LogP contribution in [-0.2, 0) is 4.84 Å². The van der Waals surface area contributed by atoms with Crippen LogP contribution in [0.25, 0.3) is 0 Å². The fraction of sp³-hybridized carbons (Fsp3) is 0.889. The number of rotatable bonds is 1. The van der Waals surface area contributed by atoms with E-state index in [2.05, 4.69) is 17.4 Å². The van der Waals surface area contributed by atoms with E-state index in [1.165, 1.54) is 18.8 Å². The minimum atomic E-state index is 0.328. The van der Waals surface area contributed by atoms with Gasteiger partial charge in [0.2, 0.25) is 0 Å². The van der Waals surface area contributed by atoms with Crippen LogP contribution in [0.4, 0.5) is 0 Å². The van der Waals surface area contributed by atoms with E-state index in [9.17, 15) is 0 Å². The molecule has 0 aromatic heterocycles. The second-order valence-corrected chi connectivity index (χ2v) is 4.21. The first-order chi connectivity index (χ1) is 5.86. The number of nitrogens with one attached hydrogen (secondary N) is 1. The van der Waals surface area contributed by atoms with Gasteiger partial charge in [-0.1, -0.05) is 5.16 Å². The summed E-state index contributed by atoms with van der Waals surface area (Å²) in [6.07, 6.45) is 1.40. The molecule has 2 heterocycles. The lowest BCUT2D eigenvalue weighted by Gasteiger charge is -2.01. The standard InChI is InChI=1S/C9H14N2O/c1-5-2-8(11-12-5)9-6-3-10-4-7(6)9/h5-7,9-10H,2-4H2,1H3. The summed E-state index contributed by atoms with van der Waals surface area (Å²) in [5.41, 5.74) is 1.33. The van der Waals surface area contributed by atoms with Crippen molar-refractivity contribution >= 4 is 5.71 Å². The second-order valence-electron chi connectivity index (χ2n) is 4.21. The molecule has 0 spiro atoms. The molecule has 0 bridgehead atoms. The Hall–Kier alpha value is -0.570. The van der Waals surface area contributed by atoms with E-state index in [1.807, 2.05) is 0 Å². The van der Waals surface area contributed by atoms with Crippen LogP contribution < -0.4 is 5.32 Å². The third kappa shape index (κ3) is 0.829. The third-order valence-corrected chi connectivity index (χ3v) is 3.32. The smallest absolute Gasteiger partial charge is 0.130 e. The van der Waals surface area contributed by atoms with E-state index in [1.54, 1.807) is 0 Å². The maximum atomic E-state index is 5.20. The highest BCUT2D eigenvalue weighted by atomic mass is 16.6. The van der Waals surface area contributed by atoms with Crippen LogP contribution in [0, 0.1) is 17.8 Å². The Balaban J connectivity index is 1.69. The lowest BCUT2D eigenvalue weighted by molar-refractivity contribution is 0.0995. The van der Waals surface area contributed by atoms with Gasteiger partial charge in [-0.2, -0.15) is 0 Å². The van der Waals surface area contributed by atoms with Crippen molar-refractivity contribution < 1.29 is 4.84 Å². The van der Waals surface area contributed by atoms with E-state index >= 15 is 0 Å². The Morgan fingerprint density at radius 1 is 1.42 bits per heavy atom. The van der Waals surface area contributed by atoms with Crippen LogP contribution in [0.3, 0.4) is 0 Å². The summed E-state index contributed by atoms with van der Waals surface area (Å²) in [6, 6.07) is 0. The summed E-state index contributed by atoms with van der Waals surface area (Å²) in [5, 5.41) is 7.54. The number of fused-ring (bicyclic) bond motifs is 1. The number of hydrogen-bond acceptors (Lipinski definition) is 3. The molecule has 66 valence electrons. The predicted molar refractivity (Wildman–Crippen MR) is 45.9 cm³/mol. The molecule has 3 heteroatoms. The minimum Gasteiger partial charge on any atom is -0.392 e. The minimum absolute atomic E-state index is 0.328. The first-order valence-electron chi connectivity index (χ1n) is 4.79. The molecule has 2 fully saturated rings. The Labute approximate surface area is 72.2 Å². The van der Waals surface area contributed by atoms with Crippen LogP contribution >= 0.6 is 0 Å². The number of oxime groups is 1. The quantitative estimate of drug-likeness (QED) is 0.619. The summed E-state index contributed by atoms with van der Waals surface area (Å²) in [7, 11) is 0. The van der Waals surface area contributed by atoms with Gasteiger partial charge in [-0.15, -0.1) is 0 Å². The van der Waals surface area contributed by atoms with Crippen LogP contribution in [0.1, 0.15) is 13.3 Å². The fourth-order valence-corrected chi connectivity index (χ4v) is 2.64. The molecule has 1 aliphatic carbocycles. The van der Waals surface area contributed by atoms with Crippen molar-refractivity contribution in [3.8, 4) is 0 Å². The van der Waals surface area contributed by atoms with E-state index in [4.69, 9.17) is 4.84 Å². The van der Waals surface area contributed by atoms with Crippen molar-refractivity contribution in [2.75, 3.05) is 13.1 Å². The second kappa shape index (κ2) is 2.22. The molecule has 1 N–H and O–H groups in total. The predicted octanol–water partition coefficient (Wildman–Crippen LogP) is 0.617. The van der Waals surface area contributed by atoms with Crippen molar-refractivity contribution in [2.24, 2.45) is 22.9 Å². The highest BCUT2D eigenvalue weighted by molar-refractivity contribution is 5.90. The molecule has 3 aliphatic rings. The van der Waals surface area contributed by atoms with E-state index in [0.717, 1.165) is 24.2 Å². The first kappa shape index (κ1) is 6.89. The Kier molecular flexibility index (Phi) is 1.28. The van der Waals surface area contributed by atoms with Gasteiger partial charge in [0.15, 0.2) is 0 Å². The molecular formula is C9H14N2O. The van der Waals surface area contributed by atoms with E-state index < -0.39 is 0 Å². The number of nitrogens with zero attached hydrogens (tertiary/aromatic N) is 1. The summed E-state index contributed by atoms with van der Waals surface area (Å²) in [4.78, 5) is 5.20. The summed E-state index contributed by atoms with van der Waals surface area (Å²) >= 11 is 0. The van der Waals surface area contributed by atoms with Crippen LogP contribution in [0.15, 0.2) is 5.16 Å². The SMILES string of the molecule is CC1CC(C2C3CNCC32)=NO1. The molecule has 12 heavy (non-hydrogen) atoms. The van der Waals surface area contributed by atoms with Gasteiger partial charge in [0.25, 0.3) is 0 Å². The first-order valence-corrected chi connectivity index (χ1v) is 4.79. The molecule has 0 aromatic rings. The highest BCUT2D eigenvalue weighted by Crippen LogP contribution is 2.50. The van der Waals surface area contributed by atoms with Crippen LogP contribution in [-0.4, -0.2) is 24.9 Å². The van der Waals surface area contributed by atoms with Crippen molar-refractivity contribution in [3.05, 3.63) is 0 Å². The average Bonchev–Trinajstić information content (AvgIpc) is 2.55. The van der Waals surface area contributed by atoms with Gasteiger partial charge < -0.3 is 10.2 Å². The molecule has 0 amide bonds. The molecule has 1 saturated heterocycles. The lowest BCUT2D eigenvalue weighted by Crippen LogP contribution is -2.18. The van der Waals surface area contributed by atoms with Crippen molar-refractivity contribution in [3.63, 3.8) is 0 Å². The zero-order chi connectivity index (χ0) is 8.13. The van der Waals surface area contributed by atoms with Crippen molar-refractivity contribution in [1.29, 1.82) is 0 Å². The van der Waals surface area contributed by atoms with Gasteiger partial charge in [-0.25, -0.2) is 0 Å². The summed E-state index contributed by atoms with van der Waals surface area (Å²) < 4.78 is 0. The van der Waals surface area contributed by atoms with Gasteiger partial charge in [-0.05, 0) is 31.8 Å². The van der Waals surface area contributed by atoms with Crippen LogP contribution in [0.5, 0.6) is 0 Å². The Morgan fingerprint density at radius 2 is 2.17 bits per heavy atom. The molecule has 0 aromatic carbocycles. The van der Waals surface area contributed by atoms with Crippen molar-refractivity contribution in [2.45, 2.75) is 19.4 Å². The monoisotopic (exact) mass is 166 g/mol. The third-order valence-electron chi connectivity index (χ3n) is 3.32. The highest BCUT2D eigenvalue weighted by Gasteiger charge is 2.56.